The van der Waals surface area contributed by atoms with Crippen LogP contribution >= 0.6 is 0 Å². The third-order valence-corrected chi connectivity index (χ3v) is 3.29. The van der Waals surface area contributed by atoms with E-state index in [4.69, 9.17) is 14.7 Å². The first-order valence-electron chi connectivity index (χ1n) is 6.39. The number of nitriles is 1. The van der Waals surface area contributed by atoms with Crippen LogP contribution in [0.2, 0.25) is 0 Å². The average Bonchev–Trinajstić information content (AvgIpc) is 2.94. The van der Waals surface area contributed by atoms with Crippen LogP contribution in [0.1, 0.15) is 16.7 Å². The highest BCUT2D eigenvalue weighted by Gasteiger charge is 2.13. The van der Waals surface area contributed by atoms with Crippen molar-refractivity contribution in [2.75, 3.05) is 12.1 Å². The smallest absolute Gasteiger partial charge is 0.231 e. The molecule has 20 heavy (non-hydrogen) atoms. The zero-order valence-electron chi connectivity index (χ0n) is 11.1. The molecule has 0 aromatic heterocycles. The lowest BCUT2D eigenvalue weighted by molar-refractivity contribution is 0.174. The number of nitrogens with zero attached hydrogens (tertiary/aromatic N) is 1. The SMILES string of the molecule is Cc1ccc(C#N)cc1NCc1ccc2c(c1)OCO2. The highest BCUT2D eigenvalue weighted by Crippen LogP contribution is 2.32. The molecule has 1 N–H and O–H groups in total. The summed E-state index contributed by atoms with van der Waals surface area (Å²) in [5.41, 5.74) is 3.85. The van der Waals surface area contributed by atoms with Gasteiger partial charge in [0.25, 0.3) is 0 Å². The number of fused-ring (bicyclic) bond motifs is 1. The maximum atomic E-state index is 8.94. The quantitative estimate of drug-likeness (QED) is 0.926. The Labute approximate surface area is 117 Å². The Bertz CT molecular complexity index is 689. The van der Waals surface area contributed by atoms with Gasteiger partial charge in [0.1, 0.15) is 0 Å². The fraction of sp³-hybridized carbons (Fsp3) is 0.188. The van der Waals surface area contributed by atoms with Crippen LogP contribution in [-0.2, 0) is 6.54 Å². The summed E-state index contributed by atoms with van der Waals surface area (Å²) in [7, 11) is 0. The Hall–Kier alpha value is -2.67. The van der Waals surface area contributed by atoms with Crippen LogP contribution in [0.3, 0.4) is 0 Å². The van der Waals surface area contributed by atoms with Crippen LogP contribution < -0.4 is 14.8 Å². The van der Waals surface area contributed by atoms with E-state index in [0.29, 0.717) is 12.1 Å². The van der Waals surface area contributed by atoms with E-state index in [2.05, 4.69) is 11.4 Å². The molecule has 0 aliphatic carbocycles. The van der Waals surface area contributed by atoms with Crippen LogP contribution in [0.5, 0.6) is 11.5 Å². The molecule has 0 spiro atoms. The first kappa shape index (κ1) is 12.4. The van der Waals surface area contributed by atoms with Crippen molar-refractivity contribution < 1.29 is 9.47 Å². The van der Waals surface area contributed by atoms with E-state index in [1.54, 1.807) is 0 Å². The molecule has 4 nitrogen and oxygen atoms in total. The number of rotatable bonds is 3. The lowest BCUT2D eigenvalue weighted by Gasteiger charge is -2.10. The minimum absolute atomic E-state index is 0.287. The minimum atomic E-state index is 0.287. The Morgan fingerprint density at radius 2 is 2.00 bits per heavy atom. The first-order valence-corrected chi connectivity index (χ1v) is 6.39. The molecule has 0 radical (unpaired) electrons. The first-order chi connectivity index (χ1) is 9.76. The molecule has 3 rings (SSSR count). The average molecular weight is 266 g/mol. The van der Waals surface area contributed by atoms with Gasteiger partial charge in [0.15, 0.2) is 11.5 Å². The summed E-state index contributed by atoms with van der Waals surface area (Å²) in [4.78, 5) is 0. The van der Waals surface area contributed by atoms with E-state index >= 15 is 0 Å². The molecule has 0 amide bonds. The van der Waals surface area contributed by atoms with Crippen LogP contribution in [0.4, 0.5) is 5.69 Å². The molecule has 0 fully saturated rings. The van der Waals surface area contributed by atoms with Crippen LogP contribution in [0.15, 0.2) is 36.4 Å². The largest absolute Gasteiger partial charge is 0.454 e. The minimum Gasteiger partial charge on any atom is -0.454 e. The predicted octanol–water partition coefficient (Wildman–Crippen LogP) is 3.21. The molecule has 100 valence electrons. The fourth-order valence-corrected chi connectivity index (χ4v) is 2.13. The predicted molar refractivity (Wildman–Crippen MR) is 75.8 cm³/mol. The van der Waals surface area contributed by atoms with Gasteiger partial charge in [-0.25, -0.2) is 0 Å². The molecule has 0 bridgehead atoms. The van der Waals surface area contributed by atoms with Crippen LogP contribution in [0.25, 0.3) is 0 Å². The number of anilines is 1. The number of ether oxygens (including phenoxy) is 2. The van der Waals surface area contributed by atoms with E-state index in [-0.39, 0.29) is 6.79 Å². The number of nitrogens with one attached hydrogen (secondary N) is 1. The Morgan fingerprint density at radius 1 is 1.15 bits per heavy atom. The van der Waals surface area contributed by atoms with Crippen molar-refractivity contribution in [1.29, 1.82) is 5.26 Å². The molecule has 0 saturated carbocycles. The molecule has 1 heterocycles. The summed E-state index contributed by atoms with van der Waals surface area (Å²) in [6, 6.07) is 13.7. The maximum absolute atomic E-state index is 8.94. The molecule has 2 aromatic rings. The zero-order valence-corrected chi connectivity index (χ0v) is 11.1. The second-order valence-electron chi connectivity index (χ2n) is 4.68. The number of benzene rings is 2. The Kier molecular flexibility index (Phi) is 3.18. The summed E-state index contributed by atoms with van der Waals surface area (Å²) >= 11 is 0. The number of hydrogen-bond donors (Lipinski definition) is 1. The summed E-state index contributed by atoms with van der Waals surface area (Å²) in [5.74, 6) is 1.57. The van der Waals surface area contributed by atoms with Crippen LogP contribution in [0, 0.1) is 18.3 Å². The Balaban J connectivity index is 1.75. The third-order valence-electron chi connectivity index (χ3n) is 3.29. The normalized spacial score (nSPS) is 12.0. The van der Waals surface area contributed by atoms with Gasteiger partial charge < -0.3 is 14.8 Å². The van der Waals surface area contributed by atoms with Crippen molar-refractivity contribution in [3.8, 4) is 17.6 Å². The van der Waals surface area contributed by atoms with Gasteiger partial charge in [0, 0.05) is 12.2 Å². The molecule has 2 aromatic carbocycles. The van der Waals surface area contributed by atoms with Gasteiger partial charge in [0.05, 0.1) is 11.6 Å². The molecule has 0 saturated heterocycles. The second kappa shape index (κ2) is 5.14. The molecule has 1 aliphatic heterocycles. The summed E-state index contributed by atoms with van der Waals surface area (Å²) in [6.07, 6.45) is 0. The standard InChI is InChI=1S/C16H14N2O2/c1-11-2-3-12(8-17)6-14(11)18-9-13-4-5-15-16(7-13)20-10-19-15/h2-7,18H,9-10H2,1H3. The molecular weight excluding hydrogens is 252 g/mol. The third kappa shape index (κ3) is 2.39. The van der Waals surface area contributed by atoms with Crippen molar-refractivity contribution >= 4 is 5.69 Å². The van der Waals surface area contributed by atoms with E-state index in [1.165, 1.54) is 0 Å². The van der Waals surface area contributed by atoms with Gasteiger partial charge in [-0.1, -0.05) is 12.1 Å². The van der Waals surface area contributed by atoms with E-state index in [9.17, 15) is 0 Å². The van der Waals surface area contributed by atoms with E-state index in [0.717, 1.165) is 28.3 Å². The van der Waals surface area contributed by atoms with Gasteiger partial charge in [-0.15, -0.1) is 0 Å². The van der Waals surface area contributed by atoms with Crippen molar-refractivity contribution in [2.45, 2.75) is 13.5 Å². The zero-order chi connectivity index (χ0) is 13.9. The van der Waals surface area contributed by atoms with Gasteiger partial charge in [-0.2, -0.15) is 5.26 Å². The van der Waals surface area contributed by atoms with E-state index in [1.807, 2.05) is 43.3 Å². The van der Waals surface area contributed by atoms with Gasteiger partial charge in [0.2, 0.25) is 6.79 Å². The monoisotopic (exact) mass is 266 g/mol. The van der Waals surface area contributed by atoms with Gasteiger partial charge >= 0.3 is 0 Å². The van der Waals surface area contributed by atoms with Gasteiger partial charge in [-0.3, -0.25) is 0 Å². The lowest BCUT2D eigenvalue weighted by Crippen LogP contribution is -2.01. The summed E-state index contributed by atoms with van der Waals surface area (Å²) in [5, 5.41) is 12.3. The molecule has 0 atom stereocenters. The Morgan fingerprint density at radius 3 is 2.85 bits per heavy atom. The van der Waals surface area contributed by atoms with E-state index < -0.39 is 0 Å². The molecule has 4 heteroatoms. The highest BCUT2D eigenvalue weighted by atomic mass is 16.7. The summed E-state index contributed by atoms with van der Waals surface area (Å²) < 4.78 is 10.6. The van der Waals surface area contributed by atoms with Crippen molar-refractivity contribution in [1.82, 2.24) is 0 Å². The summed E-state index contributed by atoms with van der Waals surface area (Å²) in [6.45, 7) is 2.98. The topological polar surface area (TPSA) is 54.3 Å². The van der Waals surface area contributed by atoms with Crippen molar-refractivity contribution in [3.05, 3.63) is 53.1 Å². The van der Waals surface area contributed by atoms with Crippen molar-refractivity contribution in [2.24, 2.45) is 0 Å². The maximum Gasteiger partial charge on any atom is 0.231 e. The second-order valence-corrected chi connectivity index (χ2v) is 4.68. The highest BCUT2D eigenvalue weighted by molar-refractivity contribution is 5.55. The molecule has 0 unspecified atom stereocenters. The number of aryl methyl sites for hydroxylation is 1. The number of hydrogen-bond acceptors (Lipinski definition) is 4. The lowest BCUT2D eigenvalue weighted by atomic mass is 10.1. The van der Waals surface area contributed by atoms with Crippen LogP contribution in [-0.4, -0.2) is 6.79 Å². The fourth-order valence-electron chi connectivity index (χ4n) is 2.13. The molecule has 1 aliphatic rings. The van der Waals surface area contributed by atoms with Crippen molar-refractivity contribution in [3.63, 3.8) is 0 Å². The molecular formula is C16H14N2O2. The van der Waals surface area contributed by atoms with Gasteiger partial charge in [-0.05, 0) is 42.3 Å².